The lowest BCUT2D eigenvalue weighted by Crippen LogP contribution is -1.90. The van der Waals surface area contributed by atoms with E-state index >= 15 is 0 Å². The van der Waals surface area contributed by atoms with E-state index in [2.05, 4.69) is 4.98 Å². The van der Waals surface area contributed by atoms with Crippen LogP contribution in [-0.4, -0.2) is 15.1 Å². The third-order valence-corrected chi connectivity index (χ3v) is 1.19. The van der Waals surface area contributed by atoms with Crippen LogP contribution in [0.4, 0.5) is 5.69 Å². The summed E-state index contributed by atoms with van der Waals surface area (Å²) in [7, 11) is 0. The molecule has 0 aromatic carbocycles. The first kappa shape index (κ1) is 11.0. The minimum Gasteiger partial charge on any atom is -0.379 e. The molecule has 0 unspecified atom stereocenters. The molecule has 0 radical (unpaired) electrons. The quantitative estimate of drug-likeness (QED) is 0.404. The maximum Gasteiger partial charge on any atom is 0.275 e. The summed E-state index contributed by atoms with van der Waals surface area (Å²) in [4.78, 5) is 21.6. The van der Waals surface area contributed by atoms with Crippen LogP contribution < -0.4 is 0 Å². The van der Waals surface area contributed by atoms with Crippen molar-refractivity contribution >= 4 is 5.69 Å². The zero-order chi connectivity index (χ0) is 10.3. The van der Waals surface area contributed by atoms with Crippen LogP contribution in [0.5, 0.6) is 0 Å². The Morgan fingerprint density at radius 2 is 2.23 bits per heavy atom. The monoisotopic (exact) mass is 185 g/mol. The fourth-order valence-corrected chi connectivity index (χ4v) is 0.671. The first-order valence-electron chi connectivity index (χ1n) is 3.15. The molecule has 1 rings (SSSR count). The normalized spacial score (nSPS) is 8.08. The molecule has 0 fully saturated rings. The van der Waals surface area contributed by atoms with E-state index < -0.39 is 4.92 Å². The minimum atomic E-state index is -0.420. The van der Waals surface area contributed by atoms with Gasteiger partial charge in [-0.15, -0.1) is 4.91 Å². The van der Waals surface area contributed by atoms with Crippen LogP contribution in [-0.2, 0) is 0 Å². The summed E-state index contributed by atoms with van der Waals surface area (Å²) in [6.07, 6.45) is 2.88. The van der Waals surface area contributed by atoms with E-state index in [0.29, 0.717) is 5.56 Å². The molecule has 13 heavy (non-hydrogen) atoms. The van der Waals surface area contributed by atoms with E-state index in [4.69, 9.17) is 10.1 Å². The van der Waals surface area contributed by atoms with Gasteiger partial charge in [0.25, 0.3) is 5.69 Å². The molecule has 1 heterocycles. The molecule has 1 aromatic rings. The molecular weight excluding hydrogens is 178 g/mol. The van der Waals surface area contributed by atoms with Crippen molar-refractivity contribution in [2.24, 2.45) is 5.34 Å². The van der Waals surface area contributed by atoms with E-state index in [1.165, 1.54) is 23.8 Å². The van der Waals surface area contributed by atoms with Crippen molar-refractivity contribution in [1.82, 2.24) is 4.98 Å². The number of aromatic nitrogens is 1. The van der Waals surface area contributed by atoms with Crippen molar-refractivity contribution in [1.29, 1.82) is 0 Å². The SMILES string of the molecule is Cc1cnccc1[N+](=O)[O-].O=NO. The summed E-state index contributed by atoms with van der Waals surface area (Å²) < 4.78 is 0. The van der Waals surface area contributed by atoms with Gasteiger partial charge in [-0.3, -0.25) is 15.1 Å². The lowest BCUT2D eigenvalue weighted by molar-refractivity contribution is -0.385. The van der Waals surface area contributed by atoms with Gasteiger partial charge in [0.1, 0.15) is 0 Å². The summed E-state index contributed by atoms with van der Waals surface area (Å²) in [6, 6.07) is 1.38. The molecule has 1 N–H and O–H groups in total. The fraction of sp³-hybridized carbons (Fsp3) is 0.167. The highest BCUT2D eigenvalue weighted by Crippen LogP contribution is 2.13. The smallest absolute Gasteiger partial charge is 0.275 e. The number of nitro groups is 1. The lowest BCUT2D eigenvalue weighted by Gasteiger charge is -1.91. The van der Waals surface area contributed by atoms with Gasteiger partial charge in [0.2, 0.25) is 0 Å². The van der Waals surface area contributed by atoms with Gasteiger partial charge in [0.15, 0.2) is 5.34 Å². The number of pyridine rings is 1. The topological polar surface area (TPSA) is 106 Å². The van der Waals surface area contributed by atoms with E-state index in [0.717, 1.165) is 0 Å². The first-order valence-corrected chi connectivity index (χ1v) is 3.15. The van der Waals surface area contributed by atoms with Crippen molar-refractivity contribution in [3.05, 3.63) is 39.0 Å². The molecule has 0 bridgehead atoms. The zero-order valence-corrected chi connectivity index (χ0v) is 6.75. The number of hydrogen-bond donors (Lipinski definition) is 1. The summed E-state index contributed by atoms with van der Waals surface area (Å²) in [5.41, 5.74) is 0.711. The van der Waals surface area contributed by atoms with Gasteiger partial charge in [-0.25, -0.2) is 0 Å². The molecule has 0 saturated heterocycles. The summed E-state index contributed by atoms with van der Waals surface area (Å²) in [5.74, 6) is 0. The molecule has 1 aromatic heterocycles. The summed E-state index contributed by atoms with van der Waals surface area (Å²) in [5, 5.41) is 18.1. The molecule has 0 amide bonds. The maximum absolute atomic E-state index is 10.2. The van der Waals surface area contributed by atoms with Crippen molar-refractivity contribution in [3.63, 3.8) is 0 Å². The number of rotatable bonds is 1. The van der Waals surface area contributed by atoms with Gasteiger partial charge in [0.05, 0.1) is 4.92 Å². The maximum atomic E-state index is 10.2. The highest BCUT2D eigenvalue weighted by Gasteiger charge is 2.06. The molecule has 0 aliphatic heterocycles. The third-order valence-electron chi connectivity index (χ3n) is 1.19. The standard InChI is InChI=1S/C6H6N2O2.HNO2/c1-5-4-7-3-2-6(5)8(9)10;2-1-3/h2-4H,1H3;(H,2,3). The number of aryl methyl sites for hydroxylation is 1. The van der Waals surface area contributed by atoms with Gasteiger partial charge < -0.3 is 5.21 Å². The van der Waals surface area contributed by atoms with E-state index in [-0.39, 0.29) is 5.69 Å². The first-order chi connectivity index (χ1) is 6.13. The van der Waals surface area contributed by atoms with E-state index in [9.17, 15) is 10.1 Å². The Hall–Kier alpha value is -2.05. The van der Waals surface area contributed by atoms with Crippen molar-refractivity contribution in [2.75, 3.05) is 0 Å². The van der Waals surface area contributed by atoms with Crippen molar-refractivity contribution < 1.29 is 10.1 Å². The molecule has 0 saturated carbocycles. The Labute approximate surface area is 73.1 Å². The van der Waals surface area contributed by atoms with Crippen LogP contribution in [0, 0.1) is 21.9 Å². The minimum absolute atomic E-state index is 0.120. The predicted molar refractivity (Wildman–Crippen MR) is 43.2 cm³/mol. The van der Waals surface area contributed by atoms with Gasteiger partial charge in [0, 0.05) is 24.0 Å². The second-order valence-corrected chi connectivity index (χ2v) is 2.00. The van der Waals surface area contributed by atoms with Crippen LogP contribution >= 0.6 is 0 Å². The Balaban J connectivity index is 0.000000424. The highest BCUT2D eigenvalue weighted by atomic mass is 16.6. The summed E-state index contributed by atoms with van der Waals surface area (Å²) >= 11 is 0. The Morgan fingerprint density at radius 3 is 2.54 bits per heavy atom. The predicted octanol–water partition coefficient (Wildman–Crippen LogP) is 1.44. The molecule has 0 aliphatic rings. The van der Waals surface area contributed by atoms with Crippen LogP contribution in [0.1, 0.15) is 5.56 Å². The molecular formula is C6H7N3O4. The molecule has 7 heteroatoms. The summed E-state index contributed by atoms with van der Waals surface area (Å²) in [6.45, 7) is 1.66. The Kier molecular flexibility index (Phi) is 4.70. The average molecular weight is 185 g/mol. The highest BCUT2D eigenvalue weighted by molar-refractivity contribution is 5.35. The van der Waals surface area contributed by atoms with E-state index in [1.807, 2.05) is 0 Å². The third kappa shape index (κ3) is 3.75. The van der Waals surface area contributed by atoms with Crippen molar-refractivity contribution in [2.45, 2.75) is 6.92 Å². The van der Waals surface area contributed by atoms with Gasteiger partial charge in [-0.2, -0.15) is 0 Å². The van der Waals surface area contributed by atoms with Gasteiger partial charge in [-0.1, -0.05) is 0 Å². The van der Waals surface area contributed by atoms with Crippen LogP contribution in [0.25, 0.3) is 0 Å². The second kappa shape index (κ2) is 5.58. The molecule has 7 nitrogen and oxygen atoms in total. The lowest BCUT2D eigenvalue weighted by atomic mass is 10.3. The molecule has 70 valence electrons. The molecule has 0 atom stereocenters. The number of hydrogen-bond acceptors (Lipinski definition) is 5. The largest absolute Gasteiger partial charge is 0.379 e. The van der Waals surface area contributed by atoms with E-state index in [1.54, 1.807) is 6.92 Å². The fourth-order valence-electron chi connectivity index (χ4n) is 0.671. The average Bonchev–Trinajstić information content (AvgIpc) is 2.06. The second-order valence-electron chi connectivity index (χ2n) is 2.00. The van der Waals surface area contributed by atoms with Crippen LogP contribution in [0.2, 0.25) is 0 Å². The van der Waals surface area contributed by atoms with Crippen LogP contribution in [0.3, 0.4) is 0 Å². The van der Waals surface area contributed by atoms with Gasteiger partial charge in [-0.05, 0) is 6.92 Å². The molecule has 0 aliphatic carbocycles. The van der Waals surface area contributed by atoms with Crippen LogP contribution in [0.15, 0.2) is 23.8 Å². The zero-order valence-electron chi connectivity index (χ0n) is 6.75. The molecule has 0 spiro atoms. The number of nitrogens with zero attached hydrogens (tertiary/aromatic N) is 3. The van der Waals surface area contributed by atoms with Gasteiger partial charge >= 0.3 is 0 Å². The Morgan fingerprint density at radius 1 is 1.69 bits per heavy atom. The Bertz CT molecular complexity index is 302. The van der Waals surface area contributed by atoms with Crippen molar-refractivity contribution in [3.8, 4) is 0 Å².